The second-order valence-electron chi connectivity index (χ2n) is 5.15. The Kier molecular flexibility index (Phi) is 6.30. The van der Waals surface area contributed by atoms with Crippen molar-refractivity contribution in [3.63, 3.8) is 0 Å². The van der Waals surface area contributed by atoms with E-state index in [0.29, 0.717) is 48.3 Å². The number of halogens is 2. The van der Waals surface area contributed by atoms with E-state index in [2.05, 4.69) is 5.32 Å². The Morgan fingerprint density at radius 1 is 1.17 bits per heavy atom. The van der Waals surface area contributed by atoms with E-state index >= 15 is 0 Å². The van der Waals surface area contributed by atoms with E-state index in [9.17, 15) is 9.59 Å². The Labute approximate surface area is 145 Å². The lowest BCUT2D eigenvalue weighted by molar-refractivity contribution is -0.127. The number of carbonyl (C=O) groups is 2. The van der Waals surface area contributed by atoms with Crippen molar-refractivity contribution in [3.05, 3.63) is 39.9 Å². The molecule has 0 aliphatic carbocycles. The number of hydrogen-bond donors (Lipinski definition) is 1. The van der Waals surface area contributed by atoms with Gasteiger partial charge in [0.05, 0.1) is 0 Å². The SMILES string of the molecule is CCNC(=O)N1CCN(C(=O)/C=C/c2cc(Cl)ccc2Cl)CC1. The molecular weight excluding hydrogens is 337 g/mol. The third-order valence-corrected chi connectivity index (χ3v) is 4.15. The van der Waals surface area contributed by atoms with Crippen molar-refractivity contribution in [2.45, 2.75) is 6.92 Å². The van der Waals surface area contributed by atoms with Crippen molar-refractivity contribution >= 4 is 41.2 Å². The first-order chi connectivity index (χ1) is 11.0. The predicted octanol–water partition coefficient (Wildman–Crippen LogP) is 2.88. The highest BCUT2D eigenvalue weighted by molar-refractivity contribution is 6.34. The van der Waals surface area contributed by atoms with Gasteiger partial charge in [0.2, 0.25) is 5.91 Å². The highest BCUT2D eigenvalue weighted by atomic mass is 35.5. The second kappa shape index (κ2) is 8.22. The molecule has 2 rings (SSSR count). The fourth-order valence-electron chi connectivity index (χ4n) is 2.30. The molecule has 0 atom stereocenters. The molecule has 0 saturated carbocycles. The van der Waals surface area contributed by atoms with Crippen molar-refractivity contribution in [1.82, 2.24) is 15.1 Å². The number of nitrogens with one attached hydrogen (secondary N) is 1. The fraction of sp³-hybridized carbons (Fsp3) is 0.375. The summed E-state index contributed by atoms with van der Waals surface area (Å²) in [6, 6.07) is 5.02. The molecule has 7 heteroatoms. The molecule has 0 unspecified atom stereocenters. The highest BCUT2D eigenvalue weighted by Gasteiger charge is 2.22. The quantitative estimate of drug-likeness (QED) is 0.847. The van der Waals surface area contributed by atoms with Gasteiger partial charge in [-0.05, 0) is 36.8 Å². The molecule has 5 nitrogen and oxygen atoms in total. The third-order valence-electron chi connectivity index (χ3n) is 3.57. The van der Waals surface area contributed by atoms with Crippen LogP contribution >= 0.6 is 23.2 Å². The van der Waals surface area contributed by atoms with Gasteiger partial charge in [-0.1, -0.05) is 23.2 Å². The van der Waals surface area contributed by atoms with E-state index in [4.69, 9.17) is 23.2 Å². The lowest BCUT2D eigenvalue weighted by Crippen LogP contribution is -2.52. The summed E-state index contributed by atoms with van der Waals surface area (Å²) in [6.07, 6.45) is 3.14. The first-order valence-corrected chi connectivity index (χ1v) is 8.21. The van der Waals surface area contributed by atoms with Gasteiger partial charge in [-0.25, -0.2) is 4.79 Å². The lowest BCUT2D eigenvalue weighted by atomic mass is 10.2. The summed E-state index contributed by atoms with van der Waals surface area (Å²) in [5.74, 6) is -0.100. The van der Waals surface area contributed by atoms with Crippen LogP contribution in [0.1, 0.15) is 12.5 Å². The fourth-order valence-corrected chi connectivity index (χ4v) is 2.66. The van der Waals surface area contributed by atoms with Crippen molar-refractivity contribution in [2.75, 3.05) is 32.7 Å². The van der Waals surface area contributed by atoms with Crippen LogP contribution in [0.5, 0.6) is 0 Å². The van der Waals surface area contributed by atoms with Gasteiger partial charge < -0.3 is 15.1 Å². The van der Waals surface area contributed by atoms with E-state index < -0.39 is 0 Å². The maximum Gasteiger partial charge on any atom is 0.317 e. The largest absolute Gasteiger partial charge is 0.338 e. The van der Waals surface area contributed by atoms with Crippen LogP contribution in [0.2, 0.25) is 10.0 Å². The zero-order valence-corrected chi connectivity index (χ0v) is 14.4. The second-order valence-corrected chi connectivity index (χ2v) is 5.99. The molecule has 1 N–H and O–H groups in total. The summed E-state index contributed by atoms with van der Waals surface area (Å²) < 4.78 is 0. The van der Waals surface area contributed by atoms with Gasteiger partial charge in [0.1, 0.15) is 0 Å². The van der Waals surface area contributed by atoms with Gasteiger partial charge in [-0.2, -0.15) is 0 Å². The van der Waals surface area contributed by atoms with E-state index in [1.54, 1.807) is 34.1 Å². The average molecular weight is 356 g/mol. The number of urea groups is 1. The minimum Gasteiger partial charge on any atom is -0.338 e. The maximum absolute atomic E-state index is 12.2. The van der Waals surface area contributed by atoms with Crippen LogP contribution in [0.15, 0.2) is 24.3 Å². The van der Waals surface area contributed by atoms with Crippen molar-refractivity contribution in [1.29, 1.82) is 0 Å². The number of amides is 3. The van der Waals surface area contributed by atoms with Gasteiger partial charge in [-0.3, -0.25) is 4.79 Å². The van der Waals surface area contributed by atoms with Gasteiger partial charge in [0, 0.05) is 48.8 Å². The van der Waals surface area contributed by atoms with Crippen LogP contribution in [-0.4, -0.2) is 54.5 Å². The maximum atomic E-state index is 12.2. The molecule has 0 aromatic heterocycles. The van der Waals surface area contributed by atoms with Gasteiger partial charge in [0.15, 0.2) is 0 Å². The van der Waals surface area contributed by atoms with Crippen LogP contribution < -0.4 is 5.32 Å². The van der Waals surface area contributed by atoms with Crippen molar-refractivity contribution in [2.24, 2.45) is 0 Å². The van der Waals surface area contributed by atoms with E-state index in [-0.39, 0.29) is 11.9 Å². The topological polar surface area (TPSA) is 52.7 Å². The number of benzene rings is 1. The first-order valence-electron chi connectivity index (χ1n) is 7.46. The summed E-state index contributed by atoms with van der Waals surface area (Å²) in [5.41, 5.74) is 0.702. The van der Waals surface area contributed by atoms with Crippen molar-refractivity contribution < 1.29 is 9.59 Å². The summed E-state index contributed by atoms with van der Waals surface area (Å²) in [7, 11) is 0. The number of rotatable bonds is 3. The summed E-state index contributed by atoms with van der Waals surface area (Å²) in [6.45, 7) is 4.57. The minimum atomic E-state index is -0.100. The molecule has 124 valence electrons. The van der Waals surface area contributed by atoms with Crippen LogP contribution in [0.3, 0.4) is 0 Å². The Morgan fingerprint density at radius 2 is 1.83 bits per heavy atom. The Morgan fingerprint density at radius 3 is 2.48 bits per heavy atom. The van der Waals surface area contributed by atoms with E-state index in [1.165, 1.54) is 6.08 Å². The molecule has 1 aliphatic rings. The third kappa shape index (κ3) is 4.88. The van der Waals surface area contributed by atoms with Crippen LogP contribution in [0.4, 0.5) is 4.79 Å². The number of carbonyl (C=O) groups excluding carboxylic acids is 2. The summed E-state index contributed by atoms with van der Waals surface area (Å²) >= 11 is 12.0. The Balaban J connectivity index is 1.91. The smallest absolute Gasteiger partial charge is 0.317 e. The molecule has 1 heterocycles. The zero-order chi connectivity index (χ0) is 16.8. The molecule has 1 aromatic carbocycles. The molecule has 1 saturated heterocycles. The van der Waals surface area contributed by atoms with Gasteiger partial charge in [-0.15, -0.1) is 0 Å². The molecule has 1 aromatic rings. The molecule has 23 heavy (non-hydrogen) atoms. The normalized spacial score (nSPS) is 15.1. The van der Waals surface area contributed by atoms with Gasteiger partial charge in [0.25, 0.3) is 0 Å². The van der Waals surface area contributed by atoms with E-state index in [1.807, 2.05) is 6.92 Å². The summed E-state index contributed by atoms with van der Waals surface area (Å²) in [5, 5.41) is 3.87. The molecule has 0 spiro atoms. The molecular formula is C16H19Cl2N3O2. The lowest BCUT2D eigenvalue weighted by Gasteiger charge is -2.34. The minimum absolute atomic E-state index is 0.0825. The molecule has 1 aliphatic heterocycles. The number of hydrogen-bond acceptors (Lipinski definition) is 2. The van der Waals surface area contributed by atoms with Gasteiger partial charge >= 0.3 is 6.03 Å². The Hall–Kier alpha value is -1.72. The summed E-state index contributed by atoms with van der Waals surface area (Å²) in [4.78, 5) is 27.4. The number of nitrogens with zero attached hydrogens (tertiary/aromatic N) is 2. The monoisotopic (exact) mass is 355 g/mol. The van der Waals surface area contributed by atoms with Crippen molar-refractivity contribution in [3.8, 4) is 0 Å². The molecule has 3 amide bonds. The first kappa shape index (κ1) is 17.6. The highest BCUT2D eigenvalue weighted by Crippen LogP contribution is 2.21. The number of piperazine rings is 1. The standard InChI is InChI=1S/C16H19Cl2N3O2/c1-2-19-16(23)21-9-7-20(8-10-21)15(22)6-3-12-11-13(17)4-5-14(12)18/h3-6,11H,2,7-10H2,1H3,(H,19,23)/b6-3+. The molecule has 0 bridgehead atoms. The zero-order valence-electron chi connectivity index (χ0n) is 12.9. The predicted molar refractivity (Wildman–Crippen MR) is 92.7 cm³/mol. The Bertz CT molecular complexity index is 611. The molecule has 0 radical (unpaired) electrons. The van der Waals surface area contributed by atoms with Crippen LogP contribution in [0, 0.1) is 0 Å². The van der Waals surface area contributed by atoms with E-state index in [0.717, 1.165) is 0 Å². The average Bonchev–Trinajstić information content (AvgIpc) is 2.55. The van der Waals surface area contributed by atoms with Crippen LogP contribution in [0.25, 0.3) is 6.08 Å². The molecule has 1 fully saturated rings. The van der Waals surface area contributed by atoms with Crippen LogP contribution in [-0.2, 0) is 4.79 Å².